The molecular formula is C13H24O3PSi+. The highest BCUT2D eigenvalue weighted by Crippen LogP contribution is 2.48. The van der Waals surface area contributed by atoms with Gasteiger partial charge in [0.15, 0.2) is 5.75 Å². The molecule has 102 valence electrons. The van der Waals surface area contributed by atoms with Crippen LogP contribution < -0.4 is 10.0 Å². The first-order valence-electron chi connectivity index (χ1n) is 5.99. The van der Waals surface area contributed by atoms with Crippen molar-refractivity contribution in [3.63, 3.8) is 0 Å². The number of rotatable bonds is 5. The van der Waals surface area contributed by atoms with Gasteiger partial charge in [-0.1, -0.05) is 0 Å². The largest absolute Gasteiger partial charge is 0.508 e. The minimum Gasteiger partial charge on any atom is -0.508 e. The van der Waals surface area contributed by atoms with Crippen LogP contribution >= 0.6 is 7.26 Å². The first kappa shape index (κ1) is 15.5. The van der Waals surface area contributed by atoms with E-state index in [-0.39, 0.29) is 0 Å². The molecule has 0 bridgehead atoms. The van der Waals surface area contributed by atoms with E-state index in [9.17, 15) is 5.11 Å². The third-order valence-electron chi connectivity index (χ3n) is 2.79. The summed E-state index contributed by atoms with van der Waals surface area (Å²) in [5, 5.41) is 10.7. The number of ether oxygens (including phenoxy) is 1. The highest BCUT2D eigenvalue weighted by molar-refractivity contribution is 7.81. The summed E-state index contributed by atoms with van der Waals surface area (Å²) in [7, 11) is -1.22. The maximum absolute atomic E-state index is 9.62. The van der Waals surface area contributed by atoms with Gasteiger partial charge in [-0.25, -0.2) is 0 Å². The van der Waals surface area contributed by atoms with Crippen molar-refractivity contribution < 1.29 is 14.3 Å². The van der Waals surface area contributed by atoms with Crippen LogP contribution in [0.2, 0.25) is 13.1 Å². The second-order valence-corrected chi connectivity index (χ2v) is 14.6. The predicted molar refractivity (Wildman–Crippen MR) is 82.4 cm³/mol. The average molecular weight is 287 g/mol. The molecule has 0 unspecified atom stereocenters. The van der Waals surface area contributed by atoms with Gasteiger partial charge in [0.2, 0.25) is 8.32 Å². The maximum Gasteiger partial charge on any atom is 0.224 e. The highest BCUT2D eigenvalue weighted by Gasteiger charge is 2.29. The molecule has 0 amide bonds. The molecule has 18 heavy (non-hydrogen) atoms. The summed E-state index contributed by atoms with van der Waals surface area (Å²) < 4.78 is 11.4. The van der Waals surface area contributed by atoms with Crippen molar-refractivity contribution in [3.8, 4) is 11.5 Å². The van der Waals surface area contributed by atoms with Gasteiger partial charge < -0.3 is 14.3 Å². The molecule has 0 spiro atoms. The van der Waals surface area contributed by atoms with Crippen molar-refractivity contribution in [2.45, 2.75) is 13.1 Å². The van der Waals surface area contributed by atoms with Crippen molar-refractivity contribution in [2.75, 3.05) is 33.3 Å². The number of hydrogen-bond acceptors (Lipinski definition) is 3. The Morgan fingerprint density at radius 1 is 1.22 bits per heavy atom. The van der Waals surface area contributed by atoms with Gasteiger partial charge in [-0.15, -0.1) is 0 Å². The van der Waals surface area contributed by atoms with E-state index in [1.165, 1.54) is 0 Å². The Labute approximate surface area is 112 Å². The van der Waals surface area contributed by atoms with E-state index >= 15 is 0 Å². The lowest BCUT2D eigenvalue weighted by Gasteiger charge is -2.22. The van der Waals surface area contributed by atoms with E-state index in [1.54, 1.807) is 13.2 Å². The molecule has 5 heteroatoms. The summed E-state index contributed by atoms with van der Waals surface area (Å²) in [5.41, 5.74) is 0. The Bertz CT molecular complexity index is 413. The predicted octanol–water partition coefficient (Wildman–Crippen LogP) is 2.69. The van der Waals surface area contributed by atoms with E-state index < -0.39 is 15.6 Å². The zero-order chi connectivity index (χ0) is 14.0. The molecule has 1 rings (SSSR count). The minimum absolute atomic E-state index is 0.301. The Morgan fingerprint density at radius 2 is 1.83 bits per heavy atom. The van der Waals surface area contributed by atoms with Crippen LogP contribution in [0, 0.1) is 0 Å². The van der Waals surface area contributed by atoms with E-state index in [4.69, 9.17) is 9.16 Å². The Kier molecular flexibility index (Phi) is 4.82. The van der Waals surface area contributed by atoms with Crippen molar-refractivity contribution in [1.29, 1.82) is 0 Å². The van der Waals surface area contributed by atoms with Gasteiger partial charge in [-0.2, -0.15) is 0 Å². The fraction of sp³-hybridized carbons (Fsp3) is 0.538. The molecule has 0 fully saturated rings. The molecular weight excluding hydrogens is 263 g/mol. The summed E-state index contributed by atoms with van der Waals surface area (Å²) in [6.07, 6.45) is 0.626. The third kappa shape index (κ3) is 4.27. The summed E-state index contributed by atoms with van der Waals surface area (Å²) in [5.74, 6) is 1.18. The molecule has 0 aliphatic carbocycles. The zero-order valence-electron chi connectivity index (χ0n) is 12.2. The van der Waals surface area contributed by atoms with Gasteiger partial charge in [-0.3, -0.25) is 0 Å². The maximum atomic E-state index is 9.62. The molecule has 0 aliphatic heterocycles. The molecule has 0 radical (unpaired) electrons. The van der Waals surface area contributed by atoms with Crippen LogP contribution in [0.4, 0.5) is 0 Å². The summed E-state index contributed by atoms with van der Waals surface area (Å²) in [6, 6.07) is 5.36. The topological polar surface area (TPSA) is 38.7 Å². The number of hydrogen-bond donors (Lipinski definition) is 1. The van der Waals surface area contributed by atoms with E-state index in [0.29, 0.717) is 12.0 Å². The van der Waals surface area contributed by atoms with Gasteiger partial charge >= 0.3 is 0 Å². The summed E-state index contributed by atoms with van der Waals surface area (Å²) >= 11 is 0. The quantitative estimate of drug-likeness (QED) is 0.668. The molecule has 0 heterocycles. The molecule has 1 aromatic rings. The lowest BCUT2D eigenvalue weighted by Crippen LogP contribution is -2.37. The van der Waals surface area contributed by atoms with Crippen molar-refractivity contribution >= 4 is 20.9 Å². The number of benzene rings is 1. The Morgan fingerprint density at radius 3 is 2.33 bits per heavy atom. The zero-order valence-corrected chi connectivity index (χ0v) is 14.0. The van der Waals surface area contributed by atoms with Crippen molar-refractivity contribution in [3.05, 3.63) is 18.2 Å². The lowest BCUT2D eigenvalue weighted by atomic mass is 10.3. The lowest BCUT2D eigenvalue weighted by molar-refractivity contribution is 0.321. The van der Waals surface area contributed by atoms with Gasteiger partial charge in [0.25, 0.3) is 0 Å². The molecule has 0 aromatic heterocycles. The van der Waals surface area contributed by atoms with Crippen LogP contribution in [0.25, 0.3) is 0 Å². The van der Waals surface area contributed by atoms with Gasteiger partial charge in [0, 0.05) is 20.4 Å². The minimum atomic E-state index is -1.73. The average Bonchev–Trinajstić information content (AvgIpc) is 2.26. The third-order valence-corrected chi connectivity index (χ3v) is 6.53. The molecule has 0 saturated carbocycles. The van der Waals surface area contributed by atoms with Crippen molar-refractivity contribution in [1.82, 2.24) is 0 Å². The van der Waals surface area contributed by atoms with Crippen LogP contribution in [-0.4, -0.2) is 46.8 Å². The molecule has 1 aromatic carbocycles. The monoisotopic (exact) mass is 287 g/mol. The second kappa shape index (κ2) is 5.60. The fourth-order valence-corrected chi connectivity index (χ4v) is 3.40. The van der Waals surface area contributed by atoms with Crippen LogP contribution in [0.1, 0.15) is 0 Å². The molecule has 1 N–H and O–H groups in total. The van der Waals surface area contributed by atoms with Crippen molar-refractivity contribution in [2.24, 2.45) is 0 Å². The number of phenols is 1. The molecule has 0 aliphatic rings. The van der Waals surface area contributed by atoms with E-state index in [2.05, 4.69) is 33.1 Å². The Hall–Kier alpha value is -0.573. The van der Waals surface area contributed by atoms with Gasteiger partial charge in [0.05, 0.1) is 20.0 Å². The summed E-state index contributed by atoms with van der Waals surface area (Å²) in [4.78, 5) is 0. The molecule has 0 saturated heterocycles. The molecule has 0 atom stereocenters. The fourth-order valence-electron chi connectivity index (χ4n) is 1.46. The first-order chi connectivity index (χ1) is 8.15. The van der Waals surface area contributed by atoms with Crippen LogP contribution in [0.15, 0.2) is 18.2 Å². The normalized spacial score (nSPS) is 12.6. The Balaban J connectivity index is 2.96. The first-order valence-corrected chi connectivity index (χ1v) is 12.2. The molecule has 3 nitrogen and oxygen atoms in total. The van der Waals surface area contributed by atoms with E-state index in [1.807, 2.05) is 12.1 Å². The SMILES string of the molecule is CO[Si](C)(C)COc1ccc(O)cc1[P+](C)(C)C. The smallest absolute Gasteiger partial charge is 0.224 e. The van der Waals surface area contributed by atoms with Gasteiger partial charge in [0.1, 0.15) is 17.3 Å². The second-order valence-electron chi connectivity index (χ2n) is 5.92. The van der Waals surface area contributed by atoms with Crippen LogP contribution in [-0.2, 0) is 4.43 Å². The number of aromatic hydroxyl groups is 1. The summed E-state index contributed by atoms with van der Waals surface area (Å²) in [6.45, 7) is 10.9. The standard InChI is InChI=1S/C13H23O3PSi/c1-15-18(5,6)10-16-12-8-7-11(14)9-13(12)17(2,3)4/h7-9H,10H2,1-6H3/p+1. The van der Waals surface area contributed by atoms with E-state index in [0.717, 1.165) is 11.1 Å². The highest BCUT2D eigenvalue weighted by atomic mass is 31.2. The van der Waals surface area contributed by atoms with Crippen LogP contribution in [0.3, 0.4) is 0 Å². The van der Waals surface area contributed by atoms with Gasteiger partial charge in [-0.05, 0) is 25.2 Å². The van der Waals surface area contributed by atoms with Crippen LogP contribution in [0.5, 0.6) is 11.5 Å². The number of phenolic OH excluding ortho intramolecular Hbond substituents is 1.